The fourth-order valence-corrected chi connectivity index (χ4v) is 2.38. The Hall–Kier alpha value is -2.88. The van der Waals surface area contributed by atoms with E-state index in [0.29, 0.717) is 12.0 Å². The molecule has 0 aliphatic rings. The summed E-state index contributed by atoms with van der Waals surface area (Å²) in [5, 5.41) is 0. The van der Waals surface area contributed by atoms with Crippen LogP contribution in [-0.4, -0.2) is 25.2 Å². The number of aryl methyl sites for hydroxylation is 1. The molecule has 0 saturated heterocycles. The van der Waals surface area contributed by atoms with Crippen molar-refractivity contribution < 1.29 is 19.1 Å². The van der Waals surface area contributed by atoms with Gasteiger partial charge >= 0.3 is 11.9 Å². The van der Waals surface area contributed by atoms with Gasteiger partial charge in [0, 0.05) is 6.08 Å². The first-order valence-corrected chi connectivity index (χ1v) is 8.25. The van der Waals surface area contributed by atoms with Gasteiger partial charge in [0.15, 0.2) is 0 Å². The van der Waals surface area contributed by atoms with Crippen LogP contribution in [0.25, 0.3) is 0 Å². The summed E-state index contributed by atoms with van der Waals surface area (Å²) in [5.74, 6) is -0.872. The summed E-state index contributed by atoms with van der Waals surface area (Å²) < 4.78 is 10.1. The van der Waals surface area contributed by atoms with Crippen molar-refractivity contribution in [2.45, 2.75) is 25.4 Å². The maximum absolute atomic E-state index is 12.2. The molecule has 130 valence electrons. The lowest BCUT2D eigenvalue weighted by atomic mass is 10.1. The van der Waals surface area contributed by atoms with Gasteiger partial charge in [-0.2, -0.15) is 0 Å². The van der Waals surface area contributed by atoms with Crippen molar-refractivity contribution in [1.29, 1.82) is 0 Å². The van der Waals surface area contributed by atoms with Gasteiger partial charge in [-0.15, -0.1) is 0 Å². The first-order valence-electron chi connectivity index (χ1n) is 8.25. The smallest absolute Gasteiger partial charge is 0.338 e. The Morgan fingerprint density at radius 2 is 1.64 bits per heavy atom. The average Bonchev–Trinajstić information content (AvgIpc) is 2.67. The normalized spacial score (nSPS) is 11.9. The van der Waals surface area contributed by atoms with E-state index in [4.69, 9.17) is 4.74 Å². The van der Waals surface area contributed by atoms with Crippen molar-refractivity contribution in [3.8, 4) is 0 Å². The van der Waals surface area contributed by atoms with Crippen molar-refractivity contribution in [3.63, 3.8) is 0 Å². The maximum atomic E-state index is 12.2. The summed E-state index contributed by atoms with van der Waals surface area (Å²) in [6, 6.07) is 18.9. The van der Waals surface area contributed by atoms with E-state index in [2.05, 4.69) is 16.9 Å². The number of methoxy groups -OCH3 is 1. The van der Waals surface area contributed by atoms with Gasteiger partial charge in [0.1, 0.15) is 6.10 Å². The van der Waals surface area contributed by atoms with Gasteiger partial charge in [0.2, 0.25) is 0 Å². The number of hydrogen-bond acceptors (Lipinski definition) is 4. The zero-order valence-corrected chi connectivity index (χ0v) is 14.3. The molecule has 0 fully saturated rings. The van der Waals surface area contributed by atoms with E-state index in [1.165, 1.54) is 18.7 Å². The third-order valence-electron chi connectivity index (χ3n) is 3.71. The van der Waals surface area contributed by atoms with E-state index < -0.39 is 18.0 Å². The Kier molecular flexibility index (Phi) is 7.44. The molecule has 0 aromatic heterocycles. The van der Waals surface area contributed by atoms with E-state index in [1.54, 1.807) is 30.3 Å². The van der Waals surface area contributed by atoms with E-state index >= 15 is 0 Å². The van der Waals surface area contributed by atoms with Gasteiger partial charge in [0.05, 0.1) is 12.7 Å². The maximum Gasteiger partial charge on any atom is 0.338 e. The largest absolute Gasteiger partial charge is 0.466 e. The van der Waals surface area contributed by atoms with Crippen molar-refractivity contribution in [3.05, 3.63) is 83.9 Å². The van der Waals surface area contributed by atoms with Crippen molar-refractivity contribution in [1.82, 2.24) is 0 Å². The second-order valence-corrected chi connectivity index (χ2v) is 5.57. The third kappa shape index (κ3) is 6.63. The van der Waals surface area contributed by atoms with Gasteiger partial charge < -0.3 is 9.47 Å². The van der Waals surface area contributed by atoms with Crippen LogP contribution in [0.1, 0.15) is 28.8 Å². The molecule has 2 aromatic carbocycles. The summed E-state index contributed by atoms with van der Waals surface area (Å²) in [7, 11) is 1.31. The Morgan fingerprint density at radius 3 is 2.28 bits per heavy atom. The fourth-order valence-electron chi connectivity index (χ4n) is 2.38. The molecule has 25 heavy (non-hydrogen) atoms. The molecule has 0 spiro atoms. The minimum Gasteiger partial charge on any atom is -0.466 e. The van der Waals surface area contributed by atoms with Crippen LogP contribution in [0.3, 0.4) is 0 Å². The molecular weight excluding hydrogens is 316 g/mol. The monoisotopic (exact) mass is 338 g/mol. The number of rotatable bonds is 8. The highest BCUT2D eigenvalue weighted by atomic mass is 16.5. The molecule has 4 nitrogen and oxygen atoms in total. The highest BCUT2D eigenvalue weighted by Crippen LogP contribution is 2.12. The minimum absolute atomic E-state index is 0.403. The van der Waals surface area contributed by atoms with Crippen LogP contribution in [0.4, 0.5) is 0 Å². The number of benzene rings is 2. The standard InChI is InChI=1S/C21H22O4/c1-24-20(22)16-15-19(14-8-11-17-9-4-2-5-10-17)25-21(23)18-12-6-3-7-13-18/h2-7,9-10,12-13,15-16,19H,8,11,14H2,1H3/b16-15+. The molecule has 4 heteroatoms. The van der Waals surface area contributed by atoms with Gasteiger partial charge in [-0.1, -0.05) is 48.5 Å². The van der Waals surface area contributed by atoms with E-state index in [0.717, 1.165) is 12.8 Å². The highest BCUT2D eigenvalue weighted by Gasteiger charge is 2.14. The zero-order chi connectivity index (χ0) is 17.9. The second kappa shape index (κ2) is 10.1. The number of carbonyl (C=O) groups is 2. The molecule has 1 atom stereocenters. The van der Waals surface area contributed by atoms with E-state index in [9.17, 15) is 9.59 Å². The van der Waals surface area contributed by atoms with Crippen LogP contribution in [0.2, 0.25) is 0 Å². The van der Waals surface area contributed by atoms with E-state index in [1.807, 2.05) is 24.3 Å². The molecule has 0 aliphatic carbocycles. The number of hydrogen-bond donors (Lipinski definition) is 0. The molecule has 0 amide bonds. The minimum atomic E-state index is -0.476. The fraction of sp³-hybridized carbons (Fsp3) is 0.238. The molecule has 2 rings (SSSR count). The van der Waals surface area contributed by atoms with Crippen LogP contribution in [0, 0.1) is 0 Å². The second-order valence-electron chi connectivity index (χ2n) is 5.57. The molecule has 0 bridgehead atoms. The zero-order valence-electron chi connectivity index (χ0n) is 14.3. The summed E-state index contributed by atoms with van der Waals surface area (Å²) in [6.45, 7) is 0. The number of esters is 2. The van der Waals surface area contributed by atoms with Crippen molar-refractivity contribution in [2.75, 3.05) is 7.11 Å². The molecule has 0 N–H and O–H groups in total. The molecule has 2 aromatic rings. The van der Waals surface area contributed by atoms with Crippen LogP contribution >= 0.6 is 0 Å². The lowest BCUT2D eigenvalue weighted by molar-refractivity contribution is -0.134. The summed E-state index contributed by atoms with van der Waals surface area (Å²) in [5.41, 5.74) is 1.72. The van der Waals surface area contributed by atoms with Crippen molar-refractivity contribution in [2.24, 2.45) is 0 Å². The van der Waals surface area contributed by atoms with Gasteiger partial charge in [-0.05, 0) is 43.0 Å². The molecule has 0 heterocycles. The van der Waals surface area contributed by atoms with Crippen molar-refractivity contribution >= 4 is 11.9 Å². The van der Waals surface area contributed by atoms with Gasteiger partial charge in [-0.25, -0.2) is 9.59 Å². The Balaban J connectivity index is 1.95. The summed E-state index contributed by atoms with van der Waals surface area (Å²) >= 11 is 0. The first-order chi connectivity index (χ1) is 12.2. The third-order valence-corrected chi connectivity index (χ3v) is 3.71. The number of ether oxygens (including phenoxy) is 2. The van der Waals surface area contributed by atoms with Gasteiger partial charge in [-0.3, -0.25) is 0 Å². The topological polar surface area (TPSA) is 52.6 Å². The molecule has 0 saturated carbocycles. The van der Waals surface area contributed by atoms with E-state index in [-0.39, 0.29) is 0 Å². The Bertz CT molecular complexity index is 692. The van der Waals surface area contributed by atoms with Crippen LogP contribution in [0.5, 0.6) is 0 Å². The SMILES string of the molecule is COC(=O)/C=C/C(CCCc1ccccc1)OC(=O)c1ccccc1. The first kappa shape index (κ1) is 18.5. The molecular formula is C21H22O4. The van der Waals surface area contributed by atoms with Gasteiger partial charge in [0.25, 0.3) is 0 Å². The highest BCUT2D eigenvalue weighted by molar-refractivity contribution is 5.89. The average molecular weight is 338 g/mol. The predicted octanol–water partition coefficient (Wildman–Crippen LogP) is 3.96. The molecule has 0 radical (unpaired) electrons. The van der Waals surface area contributed by atoms with Crippen LogP contribution < -0.4 is 0 Å². The van der Waals surface area contributed by atoms with Crippen LogP contribution in [-0.2, 0) is 20.7 Å². The van der Waals surface area contributed by atoms with Crippen LogP contribution in [0.15, 0.2) is 72.8 Å². The lowest BCUT2D eigenvalue weighted by Gasteiger charge is -2.14. The quantitative estimate of drug-likeness (QED) is 0.540. The molecule has 1 unspecified atom stereocenters. The molecule has 0 aliphatic heterocycles. The summed E-state index contributed by atoms with van der Waals surface area (Å²) in [4.78, 5) is 23.5. The predicted molar refractivity (Wildman–Crippen MR) is 96.2 cm³/mol. The summed E-state index contributed by atoms with van der Waals surface area (Å²) in [6.07, 6.45) is 4.74. The Labute approximate surface area is 148 Å². The lowest BCUT2D eigenvalue weighted by Crippen LogP contribution is -2.17. The Morgan fingerprint density at radius 1 is 1.00 bits per heavy atom. The number of carbonyl (C=O) groups excluding carboxylic acids is 2.